The summed E-state index contributed by atoms with van der Waals surface area (Å²) in [7, 11) is 0. The van der Waals surface area contributed by atoms with Crippen LogP contribution in [0.3, 0.4) is 0 Å². The Morgan fingerprint density at radius 3 is 1.41 bits per heavy atom. The minimum absolute atomic E-state index is 0.0662. The minimum Gasteiger partial charge on any atom is -0.322 e. The Labute approximate surface area is 165 Å². The number of hydrogen-bond acceptors (Lipinski definition) is 2. The zero-order valence-electron chi connectivity index (χ0n) is 18.3. The van der Waals surface area contributed by atoms with E-state index in [1.165, 1.54) is 0 Å². The first-order valence-corrected chi connectivity index (χ1v) is 11.2. The Balaban J connectivity index is 1.92. The third kappa shape index (κ3) is 3.21. The molecule has 0 aromatic carbocycles. The Bertz CT molecular complexity index is 545. The molecule has 0 bridgehead atoms. The van der Waals surface area contributed by atoms with Crippen LogP contribution in [0, 0.1) is 34.5 Å². The van der Waals surface area contributed by atoms with Crippen molar-refractivity contribution >= 4 is 11.9 Å². The maximum absolute atomic E-state index is 13.4. The number of amides is 3. The van der Waals surface area contributed by atoms with Gasteiger partial charge < -0.3 is 5.32 Å². The lowest BCUT2D eigenvalue weighted by Crippen LogP contribution is -2.69. The molecule has 0 radical (unpaired) electrons. The van der Waals surface area contributed by atoms with Crippen molar-refractivity contribution in [1.29, 1.82) is 0 Å². The Kier molecular flexibility index (Phi) is 5.42. The summed E-state index contributed by atoms with van der Waals surface area (Å²) in [5.41, 5.74) is -1.11. The van der Waals surface area contributed by atoms with E-state index >= 15 is 0 Å². The van der Waals surface area contributed by atoms with Gasteiger partial charge in [0.1, 0.15) is 5.54 Å². The quantitative estimate of drug-likeness (QED) is 0.657. The molecule has 3 aliphatic rings. The van der Waals surface area contributed by atoms with Crippen LogP contribution in [0.5, 0.6) is 0 Å². The van der Waals surface area contributed by atoms with Gasteiger partial charge >= 0.3 is 6.03 Å². The van der Waals surface area contributed by atoms with Gasteiger partial charge in [-0.25, -0.2) is 4.79 Å². The van der Waals surface area contributed by atoms with Gasteiger partial charge in [-0.2, -0.15) is 0 Å². The number of carbonyl (C=O) groups excluding carboxylic acids is 2. The molecule has 3 fully saturated rings. The van der Waals surface area contributed by atoms with E-state index in [-0.39, 0.29) is 22.8 Å². The lowest BCUT2D eigenvalue weighted by Gasteiger charge is -2.58. The molecule has 1 saturated heterocycles. The highest BCUT2D eigenvalue weighted by atomic mass is 16.2. The second kappa shape index (κ2) is 7.08. The largest absolute Gasteiger partial charge is 0.322 e. The number of urea groups is 1. The molecule has 2 saturated carbocycles. The van der Waals surface area contributed by atoms with E-state index in [9.17, 15) is 9.59 Å². The summed E-state index contributed by atoms with van der Waals surface area (Å²) in [6.07, 6.45) is 8.71. The third-order valence-corrected chi connectivity index (χ3v) is 8.83. The fraction of sp³-hybridized carbons (Fsp3) is 0.913. The van der Waals surface area contributed by atoms with Crippen molar-refractivity contribution in [3.8, 4) is 0 Å². The molecule has 1 aliphatic heterocycles. The van der Waals surface area contributed by atoms with Gasteiger partial charge in [0.25, 0.3) is 5.91 Å². The number of nitrogens with one attached hydrogen (secondary N) is 2. The number of imide groups is 1. The van der Waals surface area contributed by atoms with Gasteiger partial charge in [-0.05, 0) is 75.0 Å². The smallest absolute Gasteiger partial charge is 0.322 e. The third-order valence-electron chi connectivity index (χ3n) is 8.83. The van der Waals surface area contributed by atoms with Crippen molar-refractivity contribution in [1.82, 2.24) is 10.6 Å². The molecule has 154 valence electrons. The summed E-state index contributed by atoms with van der Waals surface area (Å²) in [6.45, 7) is 13.8. The van der Waals surface area contributed by atoms with Crippen molar-refractivity contribution in [3.63, 3.8) is 0 Å². The molecular weight excluding hydrogens is 336 g/mol. The minimum atomic E-state index is -0.763. The van der Waals surface area contributed by atoms with E-state index in [0.717, 1.165) is 63.2 Å². The lowest BCUT2D eigenvalue weighted by atomic mass is 9.48. The van der Waals surface area contributed by atoms with Gasteiger partial charge in [-0.15, -0.1) is 0 Å². The highest BCUT2D eigenvalue weighted by molar-refractivity contribution is 6.08. The van der Waals surface area contributed by atoms with Gasteiger partial charge in [0, 0.05) is 10.8 Å². The number of rotatable bonds is 4. The van der Waals surface area contributed by atoms with E-state index < -0.39 is 5.54 Å². The van der Waals surface area contributed by atoms with Gasteiger partial charge in [0.05, 0.1) is 0 Å². The second-order valence-corrected chi connectivity index (χ2v) is 10.9. The monoisotopic (exact) mass is 376 g/mol. The maximum atomic E-state index is 13.4. The molecule has 0 aromatic rings. The Morgan fingerprint density at radius 1 is 0.778 bits per heavy atom. The van der Waals surface area contributed by atoms with Crippen LogP contribution in [0.15, 0.2) is 0 Å². The predicted octanol–water partition coefficient (Wildman–Crippen LogP) is 5.27. The average Bonchev–Trinajstić information content (AvgIpc) is 2.92. The summed E-state index contributed by atoms with van der Waals surface area (Å²) in [5, 5.41) is 5.86. The van der Waals surface area contributed by atoms with Crippen molar-refractivity contribution in [2.45, 2.75) is 98.4 Å². The molecule has 4 nitrogen and oxygen atoms in total. The highest BCUT2D eigenvalue weighted by Gasteiger charge is 2.67. The Morgan fingerprint density at radius 2 is 1.15 bits per heavy atom. The number of hydrogen-bond donors (Lipinski definition) is 2. The molecule has 4 heteroatoms. The molecule has 27 heavy (non-hydrogen) atoms. The summed E-state index contributed by atoms with van der Waals surface area (Å²) < 4.78 is 0. The molecule has 2 N–H and O–H groups in total. The molecule has 2 aliphatic carbocycles. The topological polar surface area (TPSA) is 58.2 Å². The maximum Gasteiger partial charge on any atom is 0.322 e. The first-order valence-electron chi connectivity index (χ1n) is 11.2. The fourth-order valence-electron chi connectivity index (χ4n) is 6.67. The van der Waals surface area contributed by atoms with Crippen molar-refractivity contribution < 1.29 is 9.59 Å². The zero-order valence-corrected chi connectivity index (χ0v) is 18.3. The SMILES string of the molecule is CC(C)C1CCC(C)(C2(C3(C)CCC(C(C)C)CC3)NC(=O)NC2=O)CC1. The second-order valence-electron chi connectivity index (χ2n) is 10.9. The molecule has 0 spiro atoms. The van der Waals surface area contributed by atoms with Gasteiger partial charge in [0.2, 0.25) is 0 Å². The van der Waals surface area contributed by atoms with Gasteiger partial charge in [0.15, 0.2) is 0 Å². The van der Waals surface area contributed by atoms with E-state index in [4.69, 9.17) is 0 Å². The van der Waals surface area contributed by atoms with Crippen molar-refractivity contribution in [3.05, 3.63) is 0 Å². The fourth-order valence-corrected chi connectivity index (χ4v) is 6.67. The lowest BCUT2D eigenvalue weighted by molar-refractivity contribution is -0.143. The molecule has 0 unspecified atom stereocenters. The van der Waals surface area contributed by atoms with E-state index in [2.05, 4.69) is 52.2 Å². The van der Waals surface area contributed by atoms with Crippen LogP contribution in [0.25, 0.3) is 0 Å². The van der Waals surface area contributed by atoms with E-state index in [1.54, 1.807) is 0 Å². The van der Waals surface area contributed by atoms with Crippen LogP contribution < -0.4 is 10.6 Å². The first-order chi connectivity index (χ1) is 12.5. The standard InChI is InChI=1S/C23H40N2O2/c1-15(2)17-7-11-21(5,12-8-17)23(19(26)24-20(27)25-23)22(6)13-9-18(10-14-22)16(3)4/h15-18H,7-14H2,1-6H3,(H2,24,25,26,27). The van der Waals surface area contributed by atoms with E-state index in [0.29, 0.717) is 11.8 Å². The summed E-state index contributed by atoms with van der Waals surface area (Å²) in [6, 6.07) is -0.292. The predicted molar refractivity (Wildman–Crippen MR) is 109 cm³/mol. The van der Waals surface area contributed by atoms with Crippen molar-refractivity contribution in [2.75, 3.05) is 0 Å². The average molecular weight is 377 g/mol. The summed E-state index contributed by atoms with van der Waals surface area (Å²) >= 11 is 0. The normalized spacial score (nSPS) is 43.1. The van der Waals surface area contributed by atoms with E-state index in [1.807, 2.05) is 0 Å². The van der Waals surface area contributed by atoms with Crippen LogP contribution in [-0.2, 0) is 4.79 Å². The molecule has 3 rings (SSSR count). The molecule has 0 atom stereocenters. The first kappa shape index (κ1) is 20.7. The number of carbonyl (C=O) groups is 2. The Hall–Kier alpha value is -1.06. The van der Waals surface area contributed by atoms with Crippen LogP contribution in [0.2, 0.25) is 0 Å². The van der Waals surface area contributed by atoms with Crippen LogP contribution in [0.4, 0.5) is 4.79 Å². The van der Waals surface area contributed by atoms with Crippen LogP contribution >= 0.6 is 0 Å². The van der Waals surface area contributed by atoms with Gasteiger partial charge in [-0.3, -0.25) is 10.1 Å². The zero-order chi connectivity index (χ0) is 20.0. The highest BCUT2D eigenvalue weighted by Crippen LogP contribution is 2.59. The summed E-state index contributed by atoms with van der Waals surface area (Å²) in [4.78, 5) is 25.7. The molecule has 3 amide bonds. The van der Waals surface area contributed by atoms with Crippen LogP contribution in [-0.4, -0.2) is 17.5 Å². The van der Waals surface area contributed by atoms with Crippen LogP contribution in [0.1, 0.15) is 92.9 Å². The molecule has 0 aromatic heterocycles. The van der Waals surface area contributed by atoms with Crippen molar-refractivity contribution in [2.24, 2.45) is 34.5 Å². The molecule has 1 heterocycles. The summed E-state index contributed by atoms with van der Waals surface area (Å²) in [5.74, 6) is 2.78. The van der Waals surface area contributed by atoms with Gasteiger partial charge in [-0.1, -0.05) is 41.5 Å². The molecular formula is C23H40N2O2.